The molecule has 0 radical (unpaired) electrons. The molecule has 1 rings (SSSR count). The Morgan fingerprint density at radius 2 is 1.80 bits per heavy atom. The normalized spacial score (nSPS) is 9.87. The number of halogens is 2. The lowest BCUT2D eigenvalue weighted by Gasteiger charge is -2.21. The van der Waals surface area contributed by atoms with Crippen LogP contribution in [0.15, 0.2) is 24.3 Å². The van der Waals surface area contributed by atoms with E-state index in [0.717, 1.165) is 11.2 Å². The highest BCUT2D eigenvalue weighted by molar-refractivity contribution is 8.22. The maximum absolute atomic E-state index is 11.7. The van der Waals surface area contributed by atoms with E-state index in [1.54, 1.807) is 38.4 Å². The summed E-state index contributed by atoms with van der Waals surface area (Å²) in [4.78, 5) is 13.1. The van der Waals surface area contributed by atoms with E-state index in [2.05, 4.69) is 0 Å². The summed E-state index contributed by atoms with van der Waals surface area (Å²) in [5.74, 6) is 0. The summed E-state index contributed by atoms with van der Waals surface area (Å²) in [6, 6.07) is 6.69. The smallest absolute Gasteiger partial charge is 0.330 e. The van der Waals surface area contributed by atoms with Crippen molar-refractivity contribution >= 4 is 45.2 Å². The van der Waals surface area contributed by atoms with Crippen LogP contribution < -0.4 is 4.31 Å². The van der Waals surface area contributed by atoms with Gasteiger partial charge in [-0.1, -0.05) is 11.6 Å². The lowest BCUT2D eigenvalue weighted by Crippen LogP contribution is -2.33. The van der Waals surface area contributed by atoms with Crippen LogP contribution >= 0.6 is 33.4 Å². The molecule has 3 nitrogen and oxygen atoms in total. The Morgan fingerprint density at radius 3 is 2.20 bits per heavy atom. The number of rotatable bonds is 2. The molecule has 0 spiro atoms. The van der Waals surface area contributed by atoms with Crippen molar-refractivity contribution in [3.8, 4) is 0 Å². The van der Waals surface area contributed by atoms with Gasteiger partial charge in [0, 0.05) is 19.1 Å². The van der Waals surface area contributed by atoms with E-state index in [-0.39, 0.29) is 6.03 Å². The molecule has 0 N–H and O–H groups in total. The molecule has 0 fully saturated rings. The van der Waals surface area contributed by atoms with Gasteiger partial charge in [0.05, 0.1) is 16.8 Å². The highest BCUT2D eigenvalue weighted by Crippen LogP contribution is 2.27. The number of amides is 2. The van der Waals surface area contributed by atoms with E-state index in [0.29, 0.717) is 10.7 Å². The van der Waals surface area contributed by atoms with Gasteiger partial charge in [0.2, 0.25) is 0 Å². The molecule has 82 valence electrons. The minimum Gasteiger partial charge on any atom is -0.330 e. The molecule has 0 heterocycles. The van der Waals surface area contributed by atoms with Gasteiger partial charge in [-0.3, -0.25) is 0 Å². The number of benzene rings is 1. The molecule has 0 atom stereocenters. The predicted octanol–water partition coefficient (Wildman–Crippen LogP) is 3.63. The highest BCUT2D eigenvalue weighted by atomic mass is 35.7. The minimum atomic E-state index is -0.197. The fraction of sp³-hybridized carbons (Fsp3) is 0.222. The van der Waals surface area contributed by atoms with Crippen LogP contribution in [0.1, 0.15) is 0 Å². The van der Waals surface area contributed by atoms with Crippen molar-refractivity contribution in [1.29, 1.82) is 0 Å². The largest absolute Gasteiger partial charge is 0.335 e. The summed E-state index contributed by atoms with van der Waals surface area (Å²) < 4.78 is 1.37. The zero-order chi connectivity index (χ0) is 11.4. The number of nitrogens with zero attached hydrogens (tertiary/aromatic N) is 2. The lowest BCUT2D eigenvalue weighted by atomic mass is 10.3. The monoisotopic (exact) mass is 264 g/mol. The fourth-order valence-electron chi connectivity index (χ4n) is 0.938. The molecule has 0 aliphatic carbocycles. The molecule has 15 heavy (non-hydrogen) atoms. The molecule has 0 aliphatic rings. The number of anilines is 1. The van der Waals surface area contributed by atoms with Crippen molar-refractivity contribution in [2.75, 3.05) is 18.4 Å². The van der Waals surface area contributed by atoms with Crippen LogP contribution in [-0.4, -0.2) is 25.0 Å². The van der Waals surface area contributed by atoms with Gasteiger partial charge in [-0.2, -0.15) is 0 Å². The maximum atomic E-state index is 11.7. The average Bonchev–Trinajstić information content (AvgIpc) is 2.21. The molecule has 2 amide bonds. The summed E-state index contributed by atoms with van der Waals surface area (Å²) in [5.41, 5.74) is 0.693. The Labute approximate surface area is 103 Å². The number of carbonyl (C=O) groups is 1. The van der Waals surface area contributed by atoms with Gasteiger partial charge in [0.1, 0.15) is 0 Å². The zero-order valence-electron chi connectivity index (χ0n) is 8.28. The van der Waals surface area contributed by atoms with Crippen molar-refractivity contribution in [2.24, 2.45) is 0 Å². The summed E-state index contributed by atoms with van der Waals surface area (Å²) in [6.45, 7) is 0. The summed E-state index contributed by atoms with van der Waals surface area (Å²) in [5, 5.41) is 0.621. The predicted molar refractivity (Wildman–Crippen MR) is 66.5 cm³/mol. The van der Waals surface area contributed by atoms with Gasteiger partial charge in [0.25, 0.3) is 0 Å². The van der Waals surface area contributed by atoms with E-state index in [1.807, 2.05) is 0 Å². The number of hydrogen-bond acceptors (Lipinski definition) is 2. The van der Waals surface area contributed by atoms with Gasteiger partial charge in [-0.15, -0.1) is 0 Å². The standard InChI is InChI=1S/C9H10Cl2N2OS/c1-12(2)9(14)13(15-11)8-5-3-7(10)4-6-8/h3-6H,1-2H3. The summed E-state index contributed by atoms with van der Waals surface area (Å²) in [6.07, 6.45) is 0. The molecule has 1 aromatic rings. The first-order valence-corrected chi connectivity index (χ1v) is 6.09. The van der Waals surface area contributed by atoms with Gasteiger partial charge < -0.3 is 4.90 Å². The van der Waals surface area contributed by atoms with Gasteiger partial charge in [-0.05, 0) is 34.9 Å². The second-order valence-corrected chi connectivity index (χ2v) is 4.37. The van der Waals surface area contributed by atoms with Crippen LogP contribution in [0.4, 0.5) is 10.5 Å². The van der Waals surface area contributed by atoms with Crippen LogP contribution in [0.3, 0.4) is 0 Å². The zero-order valence-corrected chi connectivity index (χ0v) is 10.6. The molecule has 0 saturated carbocycles. The first-order valence-electron chi connectivity index (χ1n) is 4.12. The van der Waals surface area contributed by atoms with E-state index in [4.69, 9.17) is 22.3 Å². The van der Waals surface area contributed by atoms with Crippen molar-refractivity contribution in [2.45, 2.75) is 0 Å². The Morgan fingerprint density at radius 1 is 1.27 bits per heavy atom. The second-order valence-electron chi connectivity index (χ2n) is 3.02. The van der Waals surface area contributed by atoms with E-state index in [9.17, 15) is 4.79 Å². The van der Waals surface area contributed by atoms with Gasteiger partial charge in [-0.25, -0.2) is 9.10 Å². The van der Waals surface area contributed by atoms with Crippen molar-refractivity contribution in [1.82, 2.24) is 4.90 Å². The van der Waals surface area contributed by atoms with Crippen molar-refractivity contribution < 1.29 is 4.79 Å². The molecule has 0 saturated heterocycles. The van der Waals surface area contributed by atoms with Gasteiger partial charge >= 0.3 is 6.03 Å². The third-order valence-corrected chi connectivity index (χ3v) is 2.86. The fourth-order valence-corrected chi connectivity index (χ4v) is 1.90. The van der Waals surface area contributed by atoms with Crippen LogP contribution in [0.5, 0.6) is 0 Å². The number of urea groups is 1. The summed E-state index contributed by atoms with van der Waals surface area (Å²) in [7, 11) is 8.97. The van der Waals surface area contributed by atoms with Crippen LogP contribution in [-0.2, 0) is 0 Å². The van der Waals surface area contributed by atoms with Crippen LogP contribution in [0, 0.1) is 0 Å². The Balaban J connectivity index is 2.92. The average molecular weight is 265 g/mol. The molecular weight excluding hydrogens is 255 g/mol. The molecule has 0 bridgehead atoms. The Bertz CT molecular complexity index is 342. The van der Waals surface area contributed by atoms with E-state index < -0.39 is 0 Å². The number of hydrogen-bond donors (Lipinski definition) is 0. The molecule has 0 unspecified atom stereocenters. The summed E-state index contributed by atoms with van der Waals surface area (Å²) >= 11 is 6.58. The molecular formula is C9H10Cl2N2OS. The number of carbonyl (C=O) groups excluding carboxylic acids is 1. The van der Waals surface area contributed by atoms with E-state index in [1.165, 1.54) is 9.21 Å². The van der Waals surface area contributed by atoms with Crippen molar-refractivity contribution in [3.05, 3.63) is 29.3 Å². The first kappa shape index (κ1) is 12.5. The molecule has 1 aromatic carbocycles. The maximum Gasteiger partial charge on any atom is 0.335 e. The third-order valence-electron chi connectivity index (χ3n) is 1.69. The Hall–Kier alpha value is -0.580. The second kappa shape index (κ2) is 5.49. The molecule has 0 aliphatic heterocycles. The first-order chi connectivity index (χ1) is 7.06. The molecule has 6 heteroatoms. The lowest BCUT2D eigenvalue weighted by molar-refractivity contribution is 0.228. The quantitative estimate of drug-likeness (QED) is 0.762. The molecule has 0 aromatic heterocycles. The van der Waals surface area contributed by atoms with Crippen LogP contribution in [0.25, 0.3) is 0 Å². The van der Waals surface area contributed by atoms with E-state index >= 15 is 0 Å². The topological polar surface area (TPSA) is 23.6 Å². The Kier molecular flexibility index (Phi) is 4.57. The van der Waals surface area contributed by atoms with Gasteiger partial charge in [0.15, 0.2) is 0 Å². The highest BCUT2D eigenvalue weighted by Gasteiger charge is 2.17. The van der Waals surface area contributed by atoms with Crippen LogP contribution in [0.2, 0.25) is 5.02 Å². The SMILES string of the molecule is CN(C)C(=O)N(SCl)c1ccc(Cl)cc1. The third kappa shape index (κ3) is 3.19. The minimum absolute atomic E-state index is 0.197. The van der Waals surface area contributed by atoms with Crippen molar-refractivity contribution in [3.63, 3.8) is 0 Å².